The fraction of sp³-hybridized carbons (Fsp3) is 0.333. The van der Waals surface area contributed by atoms with Gasteiger partial charge in [-0.2, -0.15) is 0 Å². The maximum Gasteiger partial charge on any atom is 0.124 e. The third kappa shape index (κ3) is 3.51. The molecule has 1 N–H and O–H groups in total. The van der Waals surface area contributed by atoms with Crippen LogP contribution in [0.5, 0.6) is 5.75 Å². The summed E-state index contributed by atoms with van der Waals surface area (Å²) in [6, 6.07) is 10.8. The van der Waals surface area contributed by atoms with Gasteiger partial charge in [0.25, 0.3) is 0 Å². The summed E-state index contributed by atoms with van der Waals surface area (Å²) >= 11 is 0. The van der Waals surface area contributed by atoms with Crippen LogP contribution in [-0.2, 0) is 0 Å². The predicted octanol–water partition coefficient (Wildman–Crippen LogP) is 2.97. The molecule has 2 aromatic rings. The van der Waals surface area contributed by atoms with Crippen molar-refractivity contribution in [3.63, 3.8) is 0 Å². The summed E-state index contributed by atoms with van der Waals surface area (Å²) < 4.78 is 32.6. The van der Waals surface area contributed by atoms with Crippen LogP contribution in [0.4, 0.5) is 8.78 Å². The number of benzene rings is 2. The van der Waals surface area contributed by atoms with Crippen molar-refractivity contribution in [2.24, 2.45) is 0 Å². The Labute approximate surface area is 134 Å². The first kappa shape index (κ1) is 15.9. The molecule has 122 valence electrons. The number of methoxy groups -OCH3 is 1. The van der Waals surface area contributed by atoms with Crippen LogP contribution >= 0.6 is 0 Å². The molecule has 0 radical (unpaired) electrons. The lowest BCUT2D eigenvalue weighted by molar-refractivity contribution is 0.195. The van der Waals surface area contributed by atoms with E-state index >= 15 is 0 Å². The SMILES string of the molecule is COc1ccc(F)cc1C(c1ccc(F)cc1)N1CCNCC1. The largest absolute Gasteiger partial charge is 0.496 e. The van der Waals surface area contributed by atoms with E-state index in [0.29, 0.717) is 5.75 Å². The van der Waals surface area contributed by atoms with Crippen molar-refractivity contribution in [1.29, 1.82) is 0 Å². The summed E-state index contributed by atoms with van der Waals surface area (Å²) in [6.07, 6.45) is 0. The average Bonchev–Trinajstić information content (AvgIpc) is 2.58. The second kappa shape index (κ2) is 7.06. The molecule has 1 aliphatic heterocycles. The van der Waals surface area contributed by atoms with Crippen molar-refractivity contribution in [2.75, 3.05) is 33.3 Å². The predicted molar refractivity (Wildman–Crippen MR) is 85.6 cm³/mol. The van der Waals surface area contributed by atoms with E-state index in [4.69, 9.17) is 4.74 Å². The Morgan fingerprint density at radius 2 is 1.65 bits per heavy atom. The van der Waals surface area contributed by atoms with Gasteiger partial charge >= 0.3 is 0 Å². The standard InChI is InChI=1S/C18H20F2N2O/c1-23-17-7-6-15(20)12-16(17)18(22-10-8-21-9-11-22)13-2-4-14(19)5-3-13/h2-7,12,18,21H,8-11H2,1H3. The van der Waals surface area contributed by atoms with E-state index in [1.807, 2.05) is 0 Å². The highest BCUT2D eigenvalue weighted by molar-refractivity contribution is 5.42. The lowest BCUT2D eigenvalue weighted by Crippen LogP contribution is -2.45. The summed E-state index contributed by atoms with van der Waals surface area (Å²) in [7, 11) is 1.58. The topological polar surface area (TPSA) is 24.5 Å². The van der Waals surface area contributed by atoms with E-state index in [2.05, 4.69) is 10.2 Å². The Hall–Kier alpha value is -1.98. The minimum absolute atomic E-state index is 0.164. The number of ether oxygens (including phenoxy) is 1. The van der Waals surface area contributed by atoms with E-state index in [1.54, 1.807) is 25.3 Å². The number of hydrogen-bond acceptors (Lipinski definition) is 3. The van der Waals surface area contributed by atoms with Gasteiger partial charge in [-0.25, -0.2) is 8.78 Å². The van der Waals surface area contributed by atoms with Crippen molar-refractivity contribution < 1.29 is 13.5 Å². The van der Waals surface area contributed by atoms with Crippen LogP contribution in [0.2, 0.25) is 0 Å². The first-order valence-corrected chi connectivity index (χ1v) is 7.72. The minimum atomic E-state index is -0.303. The van der Waals surface area contributed by atoms with Crippen molar-refractivity contribution >= 4 is 0 Å². The van der Waals surface area contributed by atoms with Gasteiger partial charge in [0.15, 0.2) is 0 Å². The van der Waals surface area contributed by atoms with E-state index in [1.165, 1.54) is 24.3 Å². The molecule has 3 nitrogen and oxygen atoms in total. The average molecular weight is 318 g/mol. The molecular weight excluding hydrogens is 298 g/mol. The molecule has 23 heavy (non-hydrogen) atoms. The summed E-state index contributed by atoms with van der Waals surface area (Å²) in [4.78, 5) is 2.26. The molecule has 1 saturated heterocycles. The van der Waals surface area contributed by atoms with E-state index < -0.39 is 0 Å². The minimum Gasteiger partial charge on any atom is -0.496 e. The van der Waals surface area contributed by atoms with Gasteiger partial charge < -0.3 is 10.1 Å². The van der Waals surface area contributed by atoms with E-state index in [-0.39, 0.29) is 17.7 Å². The monoisotopic (exact) mass is 318 g/mol. The van der Waals surface area contributed by atoms with Gasteiger partial charge in [-0.05, 0) is 35.9 Å². The molecular formula is C18H20F2N2O. The molecule has 1 unspecified atom stereocenters. The van der Waals surface area contributed by atoms with Crippen molar-refractivity contribution in [2.45, 2.75) is 6.04 Å². The number of halogens is 2. The Morgan fingerprint density at radius 1 is 1.00 bits per heavy atom. The van der Waals surface area contributed by atoms with Gasteiger partial charge in [-0.3, -0.25) is 4.90 Å². The molecule has 0 bridgehead atoms. The lowest BCUT2D eigenvalue weighted by Gasteiger charge is -2.36. The lowest BCUT2D eigenvalue weighted by atomic mass is 9.95. The molecule has 2 aromatic carbocycles. The summed E-state index contributed by atoms with van der Waals surface area (Å²) in [5.74, 6) is 0.0568. The molecule has 0 aliphatic carbocycles. The highest BCUT2D eigenvalue weighted by atomic mass is 19.1. The number of hydrogen-bond donors (Lipinski definition) is 1. The number of rotatable bonds is 4. The fourth-order valence-corrected chi connectivity index (χ4v) is 3.09. The molecule has 0 aromatic heterocycles. The third-order valence-corrected chi connectivity index (χ3v) is 4.19. The zero-order chi connectivity index (χ0) is 16.2. The fourth-order valence-electron chi connectivity index (χ4n) is 3.09. The second-order valence-electron chi connectivity index (χ2n) is 5.63. The molecule has 1 aliphatic rings. The molecule has 5 heteroatoms. The van der Waals surface area contributed by atoms with Gasteiger partial charge in [-0.1, -0.05) is 12.1 Å². The molecule has 1 atom stereocenters. The molecule has 0 amide bonds. The molecule has 3 rings (SSSR count). The van der Waals surface area contributed by atoms with E-state index in [0.717, 1.165) is 37.3 Å². The van der Waals surface area contributed by atoms with Gasteiger partial charge in [0.2, 0.25) is 0 Å². The normalized spacial score (nSPS) is 17.0. The maximum absolute atomic E-state index is 13.8. The third-order valence-electron chi connectivity index (χ3n) is 4.19. The van der Waals surface area contributed by atoms with Gasteiger partial charge in [0.1, 0.15) is 17.4 Å². The quantitative estimate of drug-likeness (QED) is 0.938. The smallest absolute Gasteiger partial charge is 0.124 e. The first-order chi connectivity index (χ1) is 11.2. The van der Waals surface area contributed by atoms with Gasteiger partial charge in [0.05, 0.1) is 13.2 Å². The summed E-state index contributed by atoms with van der Waals surface area (Å²) in [5, 5.41) is 3.31. The molecule has 1 fully saturated rings. The van der Waals surface area contributed by atoms with Crippen LogP contribution in [0, 0.1) is 11.6 Å². The molecule has 1 heterocycles. The van der Waals surface area contributed by atoms with Crippen LogP contribution < -0.4 is 10.1 Å². The van der Waals surface area contributed by atoms with Gasteiger partial charge in [0, 0.05) is 31.7 Å². The zero-order valence-corrected chi connectivity index (χ0v) is 13.1. The first-order valence-electron chi connectivity index (χ1n) is 7.72. The van der Waals surface area contributed by atoms with Crippen LogP contribution in [0.1, 0.15) is 17.2 Å². The summed E-state index contributed by atoms with van der Waals surface area (Å²) in [6.45, 7) is 3.41. The number of piperazine rings is 1. The van der Waals surface area contributed by atoms with Crippen molar-refractivity contribution in [3.05, 3.63) is 65.2 Å². The number of nitrogens with zero attached hydrogens (tertiary/aromatic N) is 1. The van der Waals surface area contributed by atoms with Crippen LogP contribution in [0.25, 0.3) is 0 Å². The maximum atomic E-state index is 13.8. The van der Waals surface area contributed by atoms with Gasteiger partial charge in [-0.15, -0.1) is 0 Å². The highest BCUT2D eigenvalue weighted by Gasteiger charge is 2.27. The van der Waals surface area contributed by atoms with Crippen LogP contribution in [0.15, 0.2) is 42.5 Å². The van der Waals surface area contributed by atoms with Crippen LogP contribution in [0.3, 0.4) is 0 Å². The Bertz CT molecular complexity index is 655. The van der Waals surface area contributed by atoms with Crippen LogP contribution in [-0.4, -0.2) is 38.2 Å². The zero-order valence-electron chi connectivity index (χ0n) is 13.1. The van der Waals surface area contributed by atoms with Crippen molar-refractivity contribution in [3.8, 4) is 5.75 Å². The van der Waals surface area contributed by atoms with E-state index in [9.17, 15) is 8.78 Å². The molecule has 0 saturated carbocycles. The molecule has 0 spiro atoms. The highest BCUT2D eigenvalue weighted by Crippen LogP contribution is 2.35. The Balaban J connectivity index is 2.07. The van der Waals surface area contributed by atoms with Crippen molar-refractivity contribution in [1.82, 2.24) is 10.2 Å². The Kier molecular flexibility index (Phi) is 4.88. The Morgan fingerprint density at radius 3 is 2.30 bits per heavy atom. The summed E-state index contributed by atoms with van der Waals surface area (Å²) in [5.41, 5.74) is 1.69. The number of nitrogens with one attached hydrogen (secondary N) is 1. The second-order valence-corrected chi connectivity index (χ2v) is 5.63.